The fourth-order valence-electron chi connectivity index (χ4n) is 2.82. The predicted octanol–water partition coefficient (Wildman–Crippen LogP) is 3.51. The average Bonchev–Trinajstić information content (AvgIpc) is 2.99. The summed E-state index contributed by atoms with van der Waals surface area (Å²) in [5.74, 6) is 0.685. The Morgan fingerprint density at radius 1 is 1.29 bits per heavy atom. The van der Waals surface area contributed by atoms with E-state index in [1.165, 1.54) is 30.6 Å². The highest BCUT2D eigenvalue weighted by molar-refractivity contribution is 7.09. The van der Waals surface area contributed by atoms with Crippen LogP contribution < -0.4 is 5.73 Å². The Morgan fingerprint density at radius 2 is 2.04 bits per heavy atom. The molecule has 0 spiro atoms. The normalized spacial score (nSPS) is 13.9. The van der Waals surface area contributed by atoms with E-state index in [0.29, 0.717) is 24.7 Å². The molecule has 0 atom stereocenters. The summed E-state index contributed by atoms with van der Waals surface area (Å²) >= 11 is 1.53. The number of carbonyl (C=O) groups is 1. The van der Waals surface area contributed by atoms with Crippen molar-refractivity contribution in [1.29, 1.82) is 0 Å². The summed E-state index contributed by atoms with van der Waals surface area (Å²) in [4.78, 5) is 19.3. The first kappa shape index (κ1) is 18.9. The highest BCUT2D eigenvalue weighted by Crippen LogP contribution is 2.28. The van der Waals surface area contributed by atoms with Crippen LogP contribution in [0.1, 0.15) is 40.3 Å². The Kier molecular flexibility index (Phi) is 7.21. The SMILES string of the molecule is Cl.NCCc1nc(C(=O)N(Cc2ccccc2)CC2CCC2)cs1. The van der Waals surface area contributed by atoms with Crippen molar-refractivity contribution < 1.29 is 4.79 Å². The predicted molar refractivity (Wildman–Crippen MR) is 101 cm³/mol. The van der Waals surface area contributed by atoms with Crippen LogP contribution in [0.3, 0.4) is 0 Å². The fourth-order valence-corrected chi connectivity index (χ4v) is 3.61. The number of rotatable bonds is 7. The van der Waals surface area contributed by atoms with Gasteiger partial charge in [0.1, 0.15) is 5.69 Å². The number of hydrogen-bond donors (Lipinski definition) is 1. The maximum absolute atomic E-state index is 12.9. The Balaban J connectivity index is 0.00000208. The van der Waals surface area contributed by atoms with Gasteiger partial charge in [-0.15, -0.1) is 23.7 Å². The van der Waals surface area contributed by atoms with Crippen LogP contribution in [0.25, 0.3) is 0 Å². The molecule has 3 rings (SSSR count). The molecule has 4 nitrogen and oxygen atoms in total. The zero-order valence-electron chi connectivity index (χ0n) is 13.7. The van der Waals surface area contributed by atoms with Gasteiger partial charge in [-0.05, 0) is 30.9 Å². The number of halogens is 1. The van der Waals surface area contributed by atoms with Crippen molar-refractivity contribution in [3.63, 3.8) is 0 Å². The lowest BCUT2D eigenvalue weighted by Gasteiger charge is -2.32. The number of amides is 1. The number of hydrogen-bond acceptors (Lipinski definition) is 4. The molecule has 1 fully saturated rings. The van der Waals surface area contributed by atoms with Crippen LogP contribution in [0.5, 0.6) is 0 Å². The van der Waals surface area contributed by atoms with Gasteiger partial charge in [0.15, 0.2) is 0 Å². The summed E-state index contributed by atoms with van der Waals surface area (Å²) in [7, 11) is 0. The number of nitrogens with zero attached hydrogens (tertiary/aromatic N) is 2. The highest BCUT2D eigenvalue weighted by atomic mass is 35.5. The van der Waals surface area contributed by atoms with Crippen molar-refractivity contribution in [3.05, 3.63) is 52.0 Å². The minimum atomic E-state index is 0. The second-order valence-corrected chi connectivity index (χ2v) is 7.08. The van der Waals surface area contributed by atoms with Gasteiger partial charge in [0.2, 0.25) is 0 Å². The second kappa shape index (κ2) is 9.16. The van der Waals surface area contributed by atoms with Crippen molar-refractivity contribution in [2.45, 2.75) is 32.2 Å². The largest absolute Gasteiger partial charge is 0.333 e. The van der Waals surface area contributed by atoms with Crippen LogP contribution in [-0.4, -0.2) is 28.9 Å². The van der Waals surface area contributed by atoms with E-state index in [1.807, 2.05) is 28.5 Å². The van der Waals surface area contributed by atoms with Crippen molar-refractivity contribution >= 4 is 29.7 Å². The number of benzene rings is 1. The molecule has 1 amide bonds. The summed E-state index contributed by atoms with van der Waals surface area (Å²) in [5.41, 5.74) is 7.30. The van der Waals surface area contributed by atoms with Gasteiger partial charge in [0.05, 0.1) is 5.01 Å². The Bertz CT molecular complexity index is 643. The number of carbonyl (C=O) groups excluding carboxylic acids is 1. The molecule has 2 aromatic rings. The van der Waals surface area contributed by atoms with Crippen LogP contribution in [0.15, 0.2) is 35.7 Å². The Labute approximate surface area is 153 Å². The second-order valence-electron chi connectivity index (χ2n) is 6.13. The molecule has 1 aliphatic carbocycles. The Hall–Kier alpha value is -1.43. The van der Waals surface area contributed by atoms with Crippen molar-refractivity contribution in [2.75, 3.05) is 13.1 Å². The van der Waals surface area contributed by atoms with Gasteiger partial charge in [0, 0.05) is 24.9 Å². The maximum Gasteiger partial charge on any atom is 0.273 e. The lowest BCUT2D eigenvalue weighted by molar-refractivity contribution is 0.0674. The van der Waals surface area contributed by atoms with E-state index < -0.39 is 0 Å². The molecule has 1 aromatic carbocycles. The number of nitrogens with two attached hydrogens (primary N) is 1. The van der Waals surface area contributed by atoms with Gasteiger partial charge in [-0.3, -0.25) is 4.79 Å². The van der Waals surface area contributed by atoms with Crippen LogP contribution >= 0.6 is 23.7 Å². The minimum absolute atomic E-state index is 0. The van der Waals surface area contributed by atoms with Crippen LogP contribution in [0, 0.1) is 5.92 Å². The van der Waals surface area contributed by atoms with Gasteiger partial charge in [-0.2, -0.15) is 0 Å². The molecule has 6 heteroatoms. The average molecular weight is 366 g/mol. The molecule has 0 saturated heterocycles. The van der Waals surface area contributed by atoms with Crippen LogP contribution in [0.4, 0.5) is 0 Å². The number of thiazole rings is 1. The zero-order chi connectivity index (χ0) is 16.1. The molecule has 0 aliphatic heterocycles. The molecule has 130 valence electrons. The minimum Gasteiger partial charge on any atom is -0.333 e. The molecule has 0 radical (unpaired) electrons. The first-order chi connectivity index (χ1) is 11.3. The first-order valence-corrected chi connectivity index (χ1v) is 9.12. The summed E-state index contributed by atoms with van der Waals surface area (Å²) in [6.45, 7) is 2.05. The van der Waals surface area contributed by atoms with Gasteiger partial charge < -0.3 is 10.6 Å². The maximum atomic E-state index is 12.9. The van der Waals surface area contributed by atoms with Crippen molar-refractivity contribution in [1.82, 2.24) is 9.88 Å². The highest BCUT2D eigenvalue weighted by Gasteiger charge is 2.25. The van der Waals surface area contributed by atoms with Gasteiger partial charge in [0.25, 0.3) is 5.91 Å². The Morgan fingerprint density at radius 3 is 2.67 bits per heavy atom. The fraction of sp³-hybridized carbons (Fsp3) is 0.444. The van der Waals surface area contributed by atoms with Gasteiger partial charge >= 0.3 is 0 Å². The van der Waals surface area contributed by atoms with Crippen LogP contribution in [-0.2, 0) is 13.0 Å². The number of aromatic nitrogens is 1. The van der Waals surface area contributed by atoms with E-state index in [4.69, 9.17) is 5.73 Å². The molecule has 0 unspecified atom stereocenters. The summed E-state index contributed by atoms with van der Waals surface area (Å²) < 4.78 is 0. The van der Waals surface area contributed by atoms with E-state index in [2.05, 4.69) is 17.1 Å². The van der Waals surface area contributed by atoms with Gasteiger partial charge in [-0.25, -0.2) is 4.98 Å². The zero-order valence-corrected chi connectivity index (χ0v) is 15.3. The molecular weight excluding hydrogens is 342 g/mol. The molecule has 1 saturated carbocycles. The van der Waals surface area contributed by atoms with E-state index in [1.54, 1.807) is 0 Å². The van der Waals surface area contributed by atoms with Crippen molar-refractivity contribution in [3.8, 4) is 0 Å². The molecule has 1 heterocycles. The third-order valence-corrected chi connectivity index (χ3v) is 5.24. The molecule has 2 N–H and O–H groups in total. The topological polar surface area (TPSA) is 59.2 Å². The van der Waals surface area contributed by atoms with Crippen molar-refractivity contribution in [2.24, 2.45) is 11.7 Å². The summed E-state index contributed by atoms with van der Waals surface area (Å²) in [6.07, 6.45) is 4.48. The smallest absolute Gasteiger partial charge is 0.273 e. The lowest BCUT2D eigenvalue weighted by Crippen LogP contribution is -2.37. The standard InChI is InChI=1S/C18H23N3OS.ClH/c19-10-9-17-20-16(13-23-17)18(22)21(12-15-7-4-8-15)11-14-5-2-1-3-6-14;/h1-3,5-6,13,15H,4,7-12,19H2;1H. The third kappa shape index (κ3) is 4.79. The molecule has 0 bridgehead atoms. The summed E-state index contributed by atoms with van der Waals surface area (Å²) in [6, 6.07) is 10.2. The summed E-state index contributed by atoms with van der Waals surface area (Å²) in [5, 5.41) is 2.81. The van der Waals surface area contributed by atoms with E-state index in [-0.39, 0.29) is 18.3 Å². The molecule has 1 aromatic heterocycles. The van der Waals surface area contributed by atoms with Gasteiger partial charge in [-0.1, -0.05) is 36.8 Å². The molecule has 24 heavy (non-hydrogen) atoms. The third-order valence-electron chi connectivity index (χ3n) is 4.34. The van der Waals surface area contributed by atoms with Crippen LogP contribution in [0.2, 0.25) is 0 Å². The lowest BCUT2D eigenvalue weighted by atomic mass is 9.85. The van der Waals surface area contributed by atoms with E-state index >= 15 is 0 Å². The van der Waals surface area contributed by atoms with E-state index in [9.17, 15) is 4.79 Å². The molecular formula is C18H24ClN3OS. The van der Waals surface area contributed by atoms with E-state index in [0.717, 1.165) is 23.5 Å². The first-order valence-electron chi connectivity index (χ1n) is 8.24. The monoisotopic (exact) mass is 365 g/mol. The molecule has 1 aliphatic rings. The quantitative estimate of drug-likeness (QED) is 0.816.